The van der Waals surface area contributed by atoms with Crippen LogP contribution in [0, 0.1) is 19.8 Å². The lowest BCUT2D eigenvalue weighted by molar-refractivity contribution is -0.0980. The number of aryl methyl sites for hydroxylation is 2. The minimum Gasteiger partial charge on any atom is -0.444 e. The molecule has 0 unspecified atom stereocenters. The molecule has 0 bridgehead atoms. The molecule has 5 nitrogen and oxygen atoms in total. The lowest BCUT2D eigenvalue weighted by atomic mass is 9.96. The van der Waals surface area contributed by atoms with Crippen molar-refractivity contribution in [3.63, 3.8) is 0 Å². The van der Waals surface area contributed by atoms with Crippen molar-refractivity contribution >= 4 is 0 Å². The van der Waals surface area contributed by atoms with Crippen LogP contribution in [0.15, 0.2) is 4.42 Å². The Hall–Kier alpha value is -0.910. The predicted octanol–water partition coefficient (Wildman–Crippen LogP) is 1.88. The molecule has 0 aliphatic carbocycles. The Labute approximate surface area is 113 Å². The fourth-order valence-electron chi connectivity index (χ4n) is 2.83. The zero-order valence-electron chi connectivity index (χ0n) is 11.7. The zero-order valence-corrected chi connectivity index (χ0v) is 11.7. The minimum absolute atomic E-state index is 0.0355. The zero-order chi connectivity index (χ0) is 13.2. The summed E-state index contributed by atoms with van der Waals surface area (Å²) in [6.45, 7) is 8.40. The molecule has 2 fully saturated rings. The van der Waals surface area contributed by atoms with Gasteiger partial charge in [0.25, 0.3) is 0 Å². The Morgan fingerprint density at radius 2 is 1.84 bits per heavy atom. The van der Waals surface area contributed by atoms with E-state index in [-0.39, 0.29) is 6.29 Å². The predicted molar refractivity (Wildman–Crippen MR) is 69.7 cm³/mol. The molecule has 1 aromatic heterocycles. The summed E-state index contributed by atoms with van der Waals surface area (Å²) in [5.41, 5.74) is 0.998. The molecule has 0 radical (unpaired) electrons. The van der Waals surface area contributed by atoms with Crippen LogP contribution in [0.25, 0.3) is 0 Å². The maximum absolute atomic E-state index is 5.64. The molecule has 5 heteroatoms. The highest BCUT2D eigenvalue weighted by atomic mass is 16.7. The van der Waals surface area contributed by atoms with E-state index in [1.54, 1.807) is 0 Å². The summed E-state index contributed by atoms with van der Waals surface area (Å²) in [7, 11) is 0. The maximum Gasteiger partial charge on any atom is 0.208 e. The van der Waals surface area contributed by atoms with Crippen molar-refractivity contribution in [3.05, 3.63) is 17.3 Å². The average molecular weight is 266 g/mol. The molecule has 106 valence electrons. The van der Waals surface area contributed by atoms with Gasteiger partial charge in [-0.3, -0.25) is 4.90 Å². The number of piperidine rings is 1. The van der Waals surface area contributed by atoms with Gasteiger partial charge in [-0.15, -0.1) is 0 Å². The smallest absolute Gasteiger partial charge is 0.208 e. The van der Waals surface area contributed by atoms with Crippen LogP contribution < -0.4 is 0 Å². The monoisotopic (exact) mass is 266 g/mol. The fraction of sp³-hybridized carbons (Fsp3) is 0.786. The van der Waals surface area contributed by atoms with Gasteiger partial charge in [0, 0.05) is 5.92 Å². The molecular formula is C14H22N2O3. The molecule has 2 aliphatic rings. The van der Waals surface area contributed by atoms with Crippen molar-refractivity contribution in [2.45, 2.75) is 39.5 Å². The van der Waals surface area contributed by atoms with Crippen LogP contribution >= 0.6 is 0 Å². The number of aromatic nitrogens is 1. The van der Waals surface area contributed by atoms with Crippen molar-refractivity contribution in [2.75, 3.05) is 26.3 Å². The van der Waals surface area contributed by atoms with Crippen LogP contribution in [0.4, 0.5) is 0 Å². The number of hydrogen-bond acceptors (Lipinski definition) is 5. The summed E-state index contributed by atoms with van der Waals surface area (Å²) < 4.78 is 16.8. The van der Waals surface area contributed by atoms with Gasteiger partial charge in [0.2, 0.25) is 5.89 Å². The summed E-state index contributed by atoms with van der Waals surface area (Å²) in [5, 5.41) is 0. The van der Waals surface area contributed by atoms with Crippen molar-refractivity contribution in [3.8, 4) is 0 Å². The molecule has 0 aromatic carbocycles. The molecule has 0 spiro atoms. The number of nitrogens with zero attached hydrogens (tertiary/aromatic N) is 2. The molecule has 3 rings (SSSR count). The standard InChI is InChI=1S/C14H22N2O3/c1-10-11(2)19-13(15-10)9-16-5-3-12(4-6-16)14-17-7-8-18-14/h12,14H,3-9H2,1-2H3. The summed E-state index contributed by atoms with van der Waals surface area (Å²) in [6.07, 6.45) is 2.29. The van der Waals surface area contributed by atoms with Gasteiger partial charge in [-0.2, -0.15) is 0 Å². The molecule has 1 aromatic rings. The summed E-state index contributed by atoms with van der Waals surface area (Å²) >= 11 is 0. The summed E-state index contributed by atoms with van der Waals surface area (Å²) in [4.78, 5) is 6.84. The highest BCUT2D eigenvalue weighted by Gasteiger charge is 2.30. The molecule has 0 saturated carbocycles. The van der Waals surface area contributed by atoms with Crippen LogP contribution in [0.3, 0.4) is 0 Å². The molecule has 0 atom stereocenters. The molecular weight excluding hydrogens is 244 g/mol. The van der Waals surface area contributed by atoms with Crippen LogP contribution in [-0.4, -0.2) is 42.5 Å². The number of oxazole rings is 1. The number of rotatable bonds is 3. The Morgan fingerprint density at radius 1 is 1.16 bits per heavy atom. The molecule has 2 aliphatic heterocycles. The topological polar surface area (TPSA) is 47.7 Å². The van der Waals surface area contributed by atoms with Crippen molar-refractivity contribution < 1.29 is 13.9 Å². The van der Waals surface area contributed by atoms with Gasteiger partial charge in [-0.1, -0.05) is 0 Å². The number of ether oxygens (including phenoxy) is 2. The maximum atomic E-state index is 5.64. The van der Waals surface area contributed by atoms with Crippen molar-refractivity contribution in [1.29, 1.82) is 0 Å². The van der Waals surface area contributed by atoms with E-state index in [1.165, 1.54) is 0 Å². The van der Waals surface area contributed by atoms with Gasteiger partial charge < -0.3 is 13.9 Å². The number of likely N-dealkylation sites (tertiary alicyclic amines) is 1. The van der Waals surface area contributed by atoms with E-state index in [2.05, 4.69) is 9.88 Å². The molecule has 2 saturated heterocycles. The Bertz CT molecular complexity index is 399. The third kappa shape index (κ3) is 2.99. The number of hydrogen-bond donors (Lipinski definition) is 0. The van der Waals surface area contributed by atoms with E-state index in [9.17, 15) is 0 Å². The summed E-state index contributed by atoms with van der Waals surface area (Å²) in [6, 6.07) is 0. The first-order valence-electron chi connectivity index (χ1n) is 7.11. The SMILES string of the molecule is Cc1nc(CN2CCC(C3OCCO3)CC2)oc1C. The lowest BCUT2D eigenvalue weighted by Gasteiger charge is -2.33. The first-order valence-corrected chi connectivity index (χ1v) is 7.11. The van der Waals surface area contributed by atoms with Crippen molar-refractivity contribution in [2.24, 2.45) is 5.92 Å². The average Bonchev–Trinajstić information content (AvgIpc) is 3.02. The van der Waals surface area contributed by atoms with E-state index in [1.807, 2.05) is 13.8 Å². The normalized spacial score (nSPS) is 23.3. The van der Waals surface area contributed by atoms with E-state index >= 15 is 0 Å². The molecule has 0 amide bonds. The Morgan fingerprint density at radius 3 is 2.42 bits per heavy atom. The highest BCUT2D eigenvalue weighted by molar-refractivity contribution is 5.05. The molecule has 19 heavy (non-hydrogen) atoms. The quantitative estimate of drug-likeness (QED) is 0.836. The van der Waals surface area contributed by atoms with Crippen LogP contribution in [0.1, 0.15) is 30.2 Å². The largest absolute Gasteiger partial charge is 0.444 e. The third-order valence-electron chi connectivity index (χ3n) is 4.10. The fourth-order valence-corrected chi connectivity index (χ4v) is 2.83. The molecule has 0 N–H and O–H groups in total. The van der Waals surface area contributed by atoms with E-state index in [4.69, 9.17) is 13.9 Å². The Balaban J connectivity index is 1.49. The van der Waals surface area contributed by atoms with Crippen LogP contribution in [0.5, 0.6) is 0 Å². The van der Waals surface area contributed by atoms with E-state index in [0.717, 1.165) is 63.0 Å². The van der Waals surface area contributed by atoms with Gasteiger partial charge in [0.1, 0.15) is 5.76 Å². The second-order valence-electron chi connectivity index (χ2n) is 5.47. The van der Waals surface area contributed by atoms with Gasteiger partial charge in [-0.25, -0.2) is 4.98 Å². The van der Waals surface area contributed by atoms with E-state index < -0.39 is 0 Å². The minimum atomic E-state index is 0.0355. The third-order valence-corrected chi connectivity index (χ3v) is 4.10. The van der Waals surface area contributed by atoms with Crippen LogP contribution in [-0.2, 0) is 16.0 Å². The first-order chi connectivity index (χ1) is 9.22. The second kappa shape index (κ2) is 5.61. The van der Waals surface area contributed by atoms with Crippen LogP contribution in [0.2, 0.25) is 0 Å². The van der Waals surface area contributed by atoms with Gasteiger partial charge >= 0.3 is 0 Å². The Kier molecular flexibility index (Phi) is 3.86. The van der Waals surface area contributed by atoms with Crippen molar-refractivity contribution in [1.82, 2.24) is 9.88 Å². The summed E-state index contributed by atoms with van der Waals surface area (Å²) in [5.74, 6) is 2.31. The van der Waals surface area contributed by atoms with Gasteiger partial charge in [0.15, 0.2) is 6.29 Å². The highest BCUT2D eigenvalue weighted by Crippen LogP contribution is 2.26. The second-order valence-corrected chi connectivity index (χ2v) is 5.47. The van der Waals surface area contributed by atoms with Gasteiger partial charge in [0.05, 0.1) is 25.5 Å². The first kappa shape index (κ1) is 13.1. The lowest BCUT2D eigenvalue weighted by Crippen LogP contribution is -2.37. The van der Waals surface area contributed by atoms with E-state index in [0.29, 0.717) is 5.92 Å². The molecule has 3 heterocycles. The van der Waals surface area contributed by atoms with Gasteiger partial charge in [-0.05, 0) is 39.8 Å².